The average Bonchev–Trinajstić information content (AvgIpc) is 2.54. The fourth-order valence-electron chi connectivity index (χ4n) is 3.24. The molecule has 0 spiro atoms. The fourth-order valence-corrected chi connectivity index (χ4v) is 3.24. The Morgan fingerprint density at radius 3 is 2.12 bits per heavy atom. The topological polar surface area (TPSA) is 77.9 Å². The van der Waals surface area contributed by atoms with Crippen molar-refractivity contribution in [2.24, 2.45) is 5.92 Å². The highest BCUT2D eigenvalue weighted by Gasteiger charge is 2.24. The number of aliphatic carboxylic acids is 1. The molecule has 2 amide bonds. The van der Waals surface area contributed by atoms with E-state index < -0.39 is 5.97 Å². The van der Waals surface area contributed by atoms with Crippen LogP contribution in [0.15, 0.2) is 0 Å². The number of likely N-dealkylation sites (tertiary alicyclic amines) is 1. The average molecular weight is 340 g/mol. The lowest BCUT2D eigenvalue weighted by atomic mass is 9.93. The number of carbonyl (C=O) groups is 3. The van der Waals surface area contributed by atoms with Gasteiger partial charge in [0, 0.05) is 45.4 Å². The highest BCUT2D eigenvalue weighted by atomic mass is 16.4. The molecule has 0 bridgehead atoms. The third-order valence-corrected chi connectivity index (χ3v) is 4.55. The molecule has 0 saturated carbocycles. The van der Waals surface area contributed by atoms with E-state index in [0.29, 0.717) is 32.4 Å². The molecule has 0 unspecified atom stereocenters. The minimum absolute atomic E-state index is 0.0918. The molecular formula is C18H32N2O4. The van der Waals surface area contributed by atoms with Gasteiger partial charge in [0.1, 0.15) is 0 Å². The smallest absolute Gasteiger partial charge is 0.303 e. The molecule has 0 radical (unpaired) electrons. The predicted molar refractivity (Wildman–Crippen MR) is 92.6 cm³/mol. The summed E-state index contributed by atoms with van der Waals surface area (Å²) in [6.45, 7) is 6.99. The Labute approximate surface area is 145 Å². The second-order valence-corrected chi connectivity index (χ2v) is 6.66. The number of carboxylic acids is 1. The van der Waals surface area contributed by atoms with Gasteiger partial charge in [0.2, 0.25) is 11.8 Å². The number of nitrogens with zero attached hydrogens (tertiary/aromatic N) is 2. The number of hydrogen-bond acceptors (Lipinski definition) is 3. The van der Waals surface area contributed by atoms with Gasteiger partial charge in [0.05, 0.1) is 0 Å². The molecule has 6 nitrogen and oxygen atoms in total. The van der Waals surface area contributed by atoms with Crippen molar-refractivity contribution in [3.8, 4) is 0 Å². The Hall–Kier alpha value is -1.59. The molecule has 0 aliphatic carbocycles. The third-order valence-electron chi connectivity index (χ3n) is 4.55. The summed E-state index contributed by atoms with van der Waals surface area (Å²) in [6, 6.07) is 0. The van der Waals surface area contributed by atoms with Gasteiger partial charge < -0.3 is 14.9 Å². The largest absolute Gasteiger partial charge is 0.481 e. The molecular weight excluding hydrogens is 308 g/mol. The van der Waals surface area contributed by atoms with Crippen LogP contribution in [0.25, 0.3) is 0 Å². The molecule has 138 valence electrons. The van der Waals surface area contributed by atoms with Gasteiger partial charge in [-0.05, 0) is 38.0 Å². The molecule has 1 N–H and O–H groups in total. The molecule has 24 heavy (non-hydrogen) atoms. The first-order valence-electron chi connectivity index (χ1n) is 9.25. The molecule has 1 fully saturated rings. The number of carbonyl (C=O) groups excluding carboxylic acids is 2. The van der Waals surface area contributed by atoms with Crippen LogP contribution in [0.3, 0.4) is 0 Å². The summed E-state index contributed by atoms with van der Waals surface area (Å²) < 4.78 is 0. The van der Waals surface area contributed by atoms with E-state index in [1.807, 2.05) is 9.80 Å². The van der Waals surface area contributed by atoms with Crippen LogP contribution in [0, 0.1) is 5.92 Å². The zero-order valence-corrected chi connectivity index (χ0v) is 15.1. The molecule has 1 rings (SSSR count). The van der Waals surface area contributed by atoms with Crippen molar-refractivity contribution >= 4 is 17.8 Å². The molecule has 1 saturated heterocycles. The van der Waals surface area contributed by atoms with Crippen LogP contribution in [-0.4, -0.2) is 58.9 Å². The second-order valence-electron chi connectivity index (χ2n) is 6.66. The summed E-state index contributed by atoms with van der Waals surface area (Å²) in [5.74, 6) is -0.340. The number of piperidine rings is 1. The van der Waals surface area contributed by atoms with Gasteiger partial charge in [0.25, 0.3) is 0 Å². The summed E-state index contributed by atoms with van der Waals surface area (Å²) in [5, 5.41) is 8.81. The van der Waals surface area contributed by atoms with Crippen molar-refractivity contribution in [2.75, 3.05) is 26.2 Å². The van der Waals surface area contributed by atoms with E-state index in [4.69, 9.17) is 5.11 Å². The third kappa shape index (κ3) is 7.32. The van der Waals surface area contributed by atoms with Gasteiger partial charge >= 0.3 is 5.97 Å². The van der Waals surface area contributed by atoms with E-state index in [1.54, 1.807) is 0 Å². The van der Waals surface area contributed by atoms with Crippen LogP contribution < -0.4 is 0 Å². The summed E-state index contributed by atoms with van der Waals surface area (Å²) in [6.07, 6.45) is 5.06. The molecule has 0 aromatic carbocycles. The second kappa shape index (κ2) is 11.0. The lowest BCUT2D eigenvalue weighted by molar-refractivity contribution is -0.138. The molecule has 1 aliphatic rings. The maximum Gasteiger partial charge on any atom is 0.303 e. The summed E-state index contributed by atoms with van der Waals surface area (Å²) >= 11 is 0. The Morgan fingerprint density at radius 2 is 1.62 bits per heavy atom. The number of rotatable bonds is 10. The Bertz CT molecular complexity index is 411. The highest BCUT2D eigenvalue weighted by Crippen LogP contribution is 2.21. The van der Waals surface area contributed by atoms with E-state index in [2.05, 4.69) is 13.8 Å². The molecule has 1 heterocycles. The molecule has 0 aromatic heterocycles. The maximum atomic E-state index is 12.2. The Kier molecular flexibility index (Phi) is 9.42. The van der Waals surface area contributed by atoms with Crippen LogP contribution in [0.5, 0.6) is 0 Å². The van der Waals surface area contributed by atoms with Crippen LogP contribution >= 0.6 is 0 Å². The quantitative estimate of drug-likeness (QED) is 0.663. The van der Waals surface area contributed by atoms with Crippen molar-refractivity contribution < 1.29 is 19.5 Å². The molecule has 0 atom stereocenters. The van der Waals surface area contributed by atoms with Gasteiger partial charge in [-0.3, -0.25) is 14.4 Å². The van der Waals surface area contributed by atoms with Crippen molar-refractivity contribution in [1.82, 2.24) is 9.80 Å². The zero-order valence-electron chi connectivity index (χ0n) is 15.1. The highest BCUT2D eigenvalue weighted by molar-refractivity contribution is 5.79. The maximum absolute atomic E-state index is 12.2. The number of amides is 2. The van der Waals surface area contributed by atoms with E-state index in [-0.39, 0.29) is 24.2 Å². The molecule has 6 heteroatoms. The SMILES string of the molecule is CCCN(CCC)C(=O)CCCC(=O)N1CCC(CC(=O)O)CC1. The minimum atomic E-state index is -0.762. The first-order valence-corrected chi connectivity index (χ1v) is 9.25. The number of carboxylic acid groups (broad SMARTS) is 1. The standard InChI is InChI=1S/C18H32N2O4/c1-3-10-19(11-4-2)16(21)6-5-7-17(22)20-12-8-15(9-13-20)14-18(23)24/h15H,3-14H2,1-2H3,(H,23,24). The van der Waals surface area contributed by atoms with Crippen LogP contribution in [0.4, 0.5) is 0 Å². The lowest BCUT2D eigenvalue weighted by Crippen LogP contribution is -2.39. The Balaban J connectivity index is 2.26. The fraction of sp³-hybridized carbons (Fsp3) is 0.833. The van der Waals surface area contributed by atoms with Crippen LogP contribution in [0.2, 0.25) is 0 Å². The monoisotopic (exact) mass is 340 g/mol. The van der Waals surface area contributed by atoms with Gasteiger partial charge in [-0.2, -0.15) is 0 Å². The van der Waals surface area contributed by atoms with Crippen molar-refractivity contribution in [3.05, 3.63) is 0 Å². The van der Waals surface area contributed by atoms with Gasteiger partial charge in [-0.1, -0.05) is 13.8 Å². The first kappa shape index (κ1) is 20.5. The van der Waals surface area contributed by atoms with Gasteiger partial charge in [0.15, 0.2) is 0 Å². The number of hydrogen-bond donors (Lipinski definition) is 1. The minimum Gasteiger partial charge on any atom is -0.481 e. The normalized spacial score (nSPS) is 15.3. The van der Waals surface area contributed by atoms with Crippen molar-refractivity contribution in [1.29, 1.82) is 0 Å². The van der Waals surface area contributed by atoms with E-state index >= 15 is 0 Å². The van der Waals surface area contributed by atoms with Gasteiger partial charge in [-0.15, -0.1) is 0 Å². The zero-order chi connectivity index (χ0) is 17.9. The van der Waals surface area contributed by atoms with E-state index in [0.717, 1.165) is 38.8 Å². The lowest BCUT2D eigenvalue weighted by Gasteiger charge is -2.31. The van der Waals surface area contributed by atoms with Crippen LogP contribution in [0.1, 0.15) is 65.2 Å². The Morgan fingerprint density at radius 1 is 1.04 bits per heavy atom. The van der Waals surface area contributed by atoms with E-state index in [9.17, 15) is 14.4 Å². The molecule has 0 aromatic rings. The summed E-state index contributed by atoms with van der Waals surface area (Å²) in [7, 11) is 0. The first-order chi connectivity index (χ1) is 11.5. The summed E-state index contributed by atoms with van der Waals surface area (Å²) in [5.41, 5.74) is 0. The van der Waals surface area contributed by atoms with E-state index in [1.165, 1.54) is 0 Å². The van der Waals surface area contributed by atoms with Gasteiger partial charge in [-0.25, -0.2) is 0 Å². The molecule has 1 aliphatic heterocycles. The van der Waals surface area contributed by atoms with Crippen LogP contribution in [-0.2, 0) is 14.4 Å². The van der Waals surface area contributed by atoms with Crippen molar-refractivity contribution in [3.63, 3.8) is 0 Å². The van der Waals surface area contributed by atoms with Crippen molar-refractivity contribution in [2.45, 2.75) is 65.2 Å². The predicted octanol–water partition coefficient (Wildman–Crippen LogP) is 2.52. The summed E-state index contributed by atoms with van der Waals surface area (Å²) in [4.78, 5) is 38.8.